The van der Waals surface area contributed by atoms with Crippen LogP contribution in [0.1, 0.15) is 18.4 Å². The van der Waals surface area contributed by atoms with Gasteiger partial charge in [0.05, 0.1) is 5.88 Å². The van der Waals surface area contributed by atoms with Crippen molar-refractivity contribution in [2.75, 3.05) is 12.5 Å². The van der Waals surface area contributed by atoms with Gasteiger partial charge in [0, 0.05) is 12.0 Å². The van der Waals surface area contributed by atoms with Crippen molar-refractivity contribution in [1.29, 1.82) is 0 Å². The van der Waals surface area contributed by atoms with Gasteiger partial charge in [0.25, 0.3) is 0 Å². The van der Waals surface area contributed by atoms with Gasteiger partial charge in [-0.1, -0.05) is 12.1 Å². The van der Waals surface area contributed by atoms with Gasteiger partial charge in [-0.05, 0) is 18.9 Å². The number of hydrogen-bond donors (Lipinski definition) is 0. The average Bonchev–Trinajstić information content (AvgIpc) is 2.87. The Balaban J connectivity index is 1.88. The summed E-state index contributed by atoms with van der Waals surface area (Å²) in [6, 6.07) is 6.09. The third-order valence-electron chi connectivity index (χ3n) is 3.03. The molecule has 1 aromatic rings. The lowest BCUT2D eigenvalue weighted by Gasteiger charge is -2.10. The quantitative estimate of drug-likeness (QED) is 0.736. The van der Waals surface area contributed by atoms with Crippen molar-refractivity contribution in [2.45, 2.75) is 24.9 Å². The van der Waals surface area contributed by atoms with Crippen LogP contribution in [0, 0.1) is 0 Å². The zero-order chi connectivity index (χ0) is 10.3. The van der Waals surface area contributed by atoms with Crippen LogP contribution < -0.4 is 9.47 Å². The van der Waals surface area contributed by atoms with Crippen LogP contribution in [0.5, 0.6) is 11.5 Å². The van der Waals surface area contributed by atoms with E-state index in [4.69, 9.17) is 21.1 Å². The van der Waals surface area contributed by atoms with Gasteiger partial charge in [0.1, 0.15) is 12.2 Å². The van der Waals surface area contributed by atoms with Crippen LogP contribution in [-0.2, 0) is 6.42 Å². The van der Waals surface area contributed by atoms with Crippen molar-refractivity contribution in [3.63, 3.8) is 0 Å². The molecule has 80 valence electrons. The van der Waals surface area contributed by atoms with Gasteiger partial charge in [-0.15, -0.1) is 11.6 Å². The minimum absolute atomic E-state index is 0.128. The van der Waals surface area contributed by atoms with E-state index in [1.165, 1.54) is 18.4 Å². The van der Waals surface area contributed by atoms with Crippen molar-refractivity contribution >= 4 is 11.6 Å². The molecule has 3 rings (SSSR count). The van der Waals surface area contributed by atoms with Crippen molar-refractivity contribution in [3.05, 3.63) is 23.8 Å². The highest BCUT2D eigenvalue weighted by Crippen LogP contribution is 2.52. The third kappa shape index (κ3) is 1.57. The molecule has 1 spiro atoms. The molecule has 1 aliphatic carbocycles. The fraction of sp³-hybridized carbons (Fsp3) is 0.500. The van der Waals surface area contributed by atoms with E-state index in [0.29, 0.717) is 12.5 Å². The maximum absolute atomic E-state index is 5.97. The monoisotopic (exact) mass is 224 g/mol. The van der Waals surface area contributed by atoms with Crippen LogP contribution in [0.4, 0.5) is 0 Å². The molecule has 1 aliphatic heterocycles. The fourth-order valence-corrected chi connectivity index (χ4v) is 2.17. The first-order chi connectivity index (χ1) is 7.33. The van der Waals surface area contributed by atoms with Gasteiger partial charge >= 0.3 is 0 Å². The largest absolute Gasteiger partial charge is 0.488 e. The molecule has 1 fully saturated rings. The number of alkyl halides is 1. The topological polar surface area (TPSA) is 18.5 Å². The fourth-order valence-electron chi connectivity index (χ4n) is 2.10. The summed E-state index contributed by atoms with van der Waals surface area (Å²) < 4.78 is 11.5. The molecule has 0 atom stereocenters. The van der Waals surface area contributed by atoms with E-state index in [1.54, 1.807) is 0 Å². The molecule has 0 bridgehead atoms. The van der Waals surface area contributed by atoms with Gasteiger partial charge in [-0.2, -0.15) is 0 Å². The molecule has 0 saturated heterocycles. The molecule has 15 heavy (non-hydrogen) atoms. The second-order valence-corrected chi connectivity index (χ2v) is 4.62. The van der Waals surface area contributed by atoms with E-state index in [0.717, 1.165) is 17.9 Å². The van der Waals surface area contributed by atoms with E-state index in [2.05, 4.69) is 6.07 Å². The molecule has 1 heterocycles. The normalized spacial score (nSPS) is 19.8. The van der Waals surface area contributed by atoms with E-state index in [1.807, 2.05) is 12.1 Å². The molecule has 0 amide bonds. The van der Waals surface area contributed by atoms with Gasteiger partial charge < -0.3 is 9.47 Å². The van der Waals surface area contributed by atoms with E-state index in [9.17, 15) is 0 Å². The summed E-state index contributed by atoms with van der Waals surface area (Å²) in [5.41, 5.74) is 1.41. The van der Waals surface area contributed by atoms with E-state index in [-0.39, 0.29) is 5.60 Å². The predicted molar refractivity (Wildman–Crippen MR) is 59.0 cm³/mol. The summed E-state index contributed by atoms with van der Waals surface area (Å²) in [6.07, 6.45) is 3.40. The van der Waals surface area contributed by atoms with Crippen LogP contribution in [-0.4, -0.2) is 18.1 Å². The highest BCUT2D eigenvalue weighted by molar-refractivity contribution is 6.18. The summed E-state index contributed by atoms with van der Waals surface area (Å²) in [5, 5.41) is 0. The van der Waals surface area contributed by atoms with Crippen LogP contribution >= 0.6 is 11.6 Å². The van der Waals surface area contributed by atoms with E-state index >= 15 is 0 Å². The van der Waals surface area contributed by atoms with Crippen molar-refractivity contribution in [3.8, 4) is 11.5 Å². The maximum atomic E-state index is 5.97. The highest BCUT2D eigenvalue weighted by Gasteiger charge is 2.50. The predicted octanol–water partition coefficient (Wildman–Crippen LogP) is 2.77. The molecule has 0 N–H and O–H groups in total. The number of ether oxygens (including phenoxy) is 2. The Bertz CT molecular complexity index is 385. The minimum atomic E-state index is 0.128. The molecule has 3 heteroatoms. The second kappa shape index (κ2) is 3.31. The van der Waals surface area contributed by atoms with Crippen molar-refractivity contribution in [2.24, 2.45) is 0 Å². The Kier molecular flexibility index (Phi) is 2.06. The Morgan fingerprint density at radius 2 is 2.27 bits per heavy atom. The lowest BCUT2D eigenvalue weighted by Crippen LogP contribution is -2.13. The molecule has 2 nitrogen and oxygen atoms in total. The van der Waals surface area contributed by atoms with Gasteiger partial charge in [0.15, 0.2) is 11.5 Å². The Morgan fingerprint density at radius 1 is 1.40 bits per heavy atom. The number of benzene rings is 1. The smallest absolute Gasteiger partial charge is 0.165 e. The molecule has 0 unspecified atom stereocenters. The lowest BCUT2D eigenvalue weighted by atomic mass is 10.1. The summed E-state index contributed by atoms with van der Waals surface area (Å²) in [7, 11) is 0. The molecule has 1 saturated carbocycles. The summed E-state index contributed by atoms with van der Waals surface area (Å²) in [5.74, 6) is 2.30. The first-order valence-corrected chi connectivity index (χ1v) is 5.86. The minimum Gasteiger partial charge on any atom is -0.488 e. The van der Waals surface area contributed by atoms with Crippen LogP contribution in [0.25, 0.3) is 0 Å². The van der Waals surface area contributed by atoms with E-state index < -0.39 is 0 Å². The van der Waals surface area contributed by atoms with Crippen molar-refractivity contribution < 1.29 is 9.47 Å². The third-order valence-corrected chi connectivity index (χ3v) is 3.19. The average molecular weight is 225 g/mol. The van der Waals surface area contributed by atoms with Crippen LogP contribution in [0.15, 0.2) is 18.2 Å². The molecule has 1 aromatic carbocycles. The highest BCUT2D eigenvalue weighted by atomic mass is 35.5. The lowest BCUT2D eigenvalue weighted by molar-refractivity contribution is 0.199. The number of fused-ring (bicyclic) bond motifs is 1. The molecule has 0 radical (unpaired) electrons. The SMILES string of the molecule is ClCCOc1cccc2c1OC1(CC1)C2. The second-order valence-electron chi connectivity index (χ2n) is 4.24. The van der Waals surface area contributed by atoms with Crippen LogP contribution in [0.3, 0.4) is 0 Å². The molecular formula is C12H13ClO2. The van der Waals surface area contributed by atoms with Crippen LogP contribution in [0.2, 0.25) is 0 Å². The number of halogens is 1. The zero-order valence-corrected chi connectivity index (χ0v) is 9.22. The van der Waals surface area contributed by atoms with Crippen molar-refractivity contribution in [1.82, 2.24) is 0 Å². The van der Waals surface area contributed by atoms with Gasteiger partial charge in [-0.25, -0.2) is 0 Å². The molecule has 2 aliphatic rings. The molecule has 0 aromatic heterocycles. The molecular weight excluding hydrogens is 212 g/mol. The number of para-hydroxylation sites is 1. The first kappa shape index (κ1) is 9.34. The summed E-state index contributed by atoms with van der Waals surface area (Å²) in [6.45, 7) is 0.536. The maximum Gasteiger partial charge on any atom is 0.165 e. The van der Waals surface area contributed by atoms with Gasteiger partial charge in [-0.3, -0.25) is 0 Å². The number of rotatable bonds is 3. The first-order valence-electron chi connectivity index (χ1n) is 5.33. The zero-order valence-electron chi connectivity index (χ0n) is 8.46. The Morgan fingerprint density at radius 3 is 3.00 bits per heavy atom. The number of hydrogen-bond acceptors (Lipinski definition) is 2. The standard InChI is InChI=1S/C12H13ClO2/c13-6-7-14-10-3-1-2-9-8-12(4-5-12)15-11(9)10/h1-3H,4-8H2. The summed E-state index contributed by atoms with van der Waals surface area (Å²) in [4.78, 5) is 0. The van der Waals surface area contributed by atoms with Gasteiger partial charge in [0.2, 0.25) is 0 Å². The Labute approximate surface area is 94.1 Å². The summed E-state index contributed by atoms with van der Waals surface area (Å²) >= 11 is 5.60. The Hall–Kier alpha value is -0.890.